The summed E-state index contributed by atoms with van der Waals surface area (Å²) >= 11 is 3.46. The number of nitrogens with zero attached hydrogens (tertiary/aromatic N) is 2. The van der Waals surface area contributed by atoms with Crippen molar-refractivity contribution in [1.82, 2.24) is 9.78 Å². The van der Waals surface area contributed by atoms with Gasteiger partial charge in [-0.1, -0.05) is 6.92 Å². The average molecular weight is 343 g/mol. The second kappa shape index (κ2) is 5.98. The number of hydrogen-bond acceptors (Lipinski definition) is 3. The van der Waals surface area contributed by atoms with Crippen LogP contribution in [0.5, 0.6) is 0 Å². The summed E-state index contributed by atoms with van der Waals surface area (Å²) in [6.45, 7) is 6.29. The molecule has 1 aromatic rings. The van der Waals surface area contributed by atoms with E-state index in [2.05, 4.69) is 28.0 Å². The fraction of sp³-hybridized carbons (Fsp3) is 0.733. The smallest absolute Gasteiger partial charge is 0.213 e. The monoisotopic (exact) mass is 342 g/mol. The van der Waals surface area contributed by atoms with Crippen molar-refractivity contribution in [3.63, 3.8) is 0 Å². The lowest BCUT2D eigenvalue weighted by atomic mass is 9.76. The molecule has 0 aromatic carbocycles. The fourth-order valence-corrected chi connectivity index (χ4v) is 3.37. The Balaban J connectivity index is 2.37. The van der Waals surface area contributed by atoms with Gasteiger partial charge in [-0.05, 0) is 61.4 Å². The SMILES string of the molecule is COC1(C(=O)c2c(Br)cnn2C(C)C)CCC(C)CC1. The lowest BCUT2D eigenvalue weighted by Crippen LogP contribution is -2.45. The highest BCUT2D eigenvalue weighted by Gasteiger charge is 2.43. The molecular weight excluding hydrogens is 320 g/mol. The molecule has 0 atom stereocenters. The van der Waals surface area contributed by atoms with E-state index in [0.29, 0.717) is 11.6 Å². The van der Waals surface area contributed by atoms with Gasteiger partial charge in [0, 0.05) is 13.2 Å². The van der Waals surface area contributed by atoms with Crippen molar-refractivity contribution in [1.29, 1.82) is 0 Å². The Morgan fingerprint density at radius 1 is 1.50 bits per heavy atom. The van der Waals surface area contributed by atoms with Crippen molar-refractivity contribution < 1.29 is 9.53 Å². The summed E-state index contributed by atoms with van der Waals surface area (Å²) in [7, 11) is 1.65. The molecule has 0 saturated heterocycles. The number of carbonyl (C=O) groups is 1. The molecule has 0 radical (unpaired) electrons. The van der Waals surface area contributed by atoms with Crippen molar-refractivity contribution >= 4 is 21.7 Å². The predicted octanol–water partition coefficient (Wildman–Crippen LogP) is 4.00. The number of aromatic nitrogens is 2. The van der Waals surface area contributed by atoms with Crippen LogP contribution in [0.25, 0.3) is 0 Å². The molecule has 0 unspecified atom stereocenters. The quantitative estimate of drug-likeness (QED) is 0.776. The maximum Gasteiger partial charge on any atom is 0.213 e. The van der Waals surface area contributed by atoms with Crippen LogP contribution in [0.15, 0.2) is 10.7 Å². The van der Waals surface area contributed by atoms with Crippen molar-refractivity contribution in [3.05, 3.63) is 16.4 Å². The van der Waals surface area contributed by atoms with Gasteiger partial charge in [0.05, 0.1) is 10.7 Å². The van der Waals surface area contributed by atoms with Gasteiger partial charge in [0.1, 0.15) is 11.3 Å². The average Bonchev–Trinajstić information content (AvgIpc) is 2.81. The summed E-state index contributed by atoms with van der Waals surface area (Å²) in [5, 5.41) is 4.30. The Bertz CT molecular complexity index is 488. The molecule has 1 aliphatic rings. The normalized spacial score (nSPS) is 27.0. The molecule has 1 aliphatic carbocycles. The summed E-state index contributed by atoms with van der Waals surface area (Å²) in [5.41, 5.74) is -0.0433. The summed E-state index contributed by atoms with van der Waals surface area (Å²) in [4.78, 5) is 13.1. The lowest BCUT2D eigenvalue weighted by Gasteiger charge is -2.37. The number of Topliss-reactive ketones (excluding diaryl/α,β-unsaturated/α-hetero) is 1. The van der Waals surface area contributed by atoms with Gasteiger partial charge in [0.25, 0.3) is 0 Å². The van der Waals surface area contributed by atoms with Crippen LogP contribution in [-0.2, 0) is 4.74 Å². The van der Waals surface area contributed by atoms with Crippen LogP contribution >= 0.6 is 15.9 Å². The van der Waals surface area contributed by atoms with Crippen molar-refractivity contribution in [2.75, 3.05) is 7.11 Å². The molecule has 0 aliphatic heterocycles. The van der Waals surface area contributed by atoms with Gasteiger partial charge < -0.3 is 4.74 Å². The number of ketones is 1. The second-order valence-corrected chi connectivity index (χ2v) is 6.94. The van der Waals surface area contributed by atoms with E-state index < -0.39 is 5.60 Å². The highest BCUT2D eigenvalue weighted by molar-refractivity contribution is 9.10. The minimum Gasteiger partial charge on any atom is -0.370 e. The first-order chi connectivity index (χ1) is 9.41. The van der Waals surface area contributed by atoms with Gasteiger partial charge in [-0.15, -0.1) is 0 Å². The highest BCUT2D eigenvalue weighted by Crippen LogP contribution is 2.38. The van der Waals surface area contributed by atoms with Crippen LogP contribution in [0, 0.1) is 5.92 Å². The molecule has 1 saturated carbocycles. The first-order valence-electron chi connectivity index (χ1n) is 7.24. The first-order valence-corrected chi connectivity index (χ1v) is 8.03. The third-order valence-corrected chi connectivity index (χ3v) is 4.92. The Morgan fingerprint density at radius 2 is 2.10 bits per heavy atom. The Hall–Kier alpha value is -0.680. The van der Waals surface area contributed by atoms with Gasteiger partial charge in [0.15, 0.2) is 0 Å². The fourth-order valence-electron chi connectivity index (χ4n) is 2.91. The predicted molar refractivity (Wildman–Crippen MR) is 82.0 cm³/mol. The molecule has 1 heterocycles. The maximum absolute atomic E-state index is 13.1. The summed E-state index contributed by atoms with van der Waals surface area (Å²) in [6, 6.07) is 0.150. The summed E-state index contributed by atoms with van der Waals surface area (Å²) in [5.74, 6) is 0.731. The van der Waals surface area contributed by atoms with E-state index >= 15 is 0 Å². The summed E-state index contributed by atoms with van der Waals surface area (Å²) in [6.07, 6.45) is 5.35. The highest BCUT2D eigenvalue weighted by atomic mass is 79.9. The van der Waals surface area contributed by atoms with Crippen LogP contribution < -0.4 is 0 Å². The number of ether oxygens (including phenoxy) is 1. The van der Waals surface area contributed by atoms with Crippen molar-refractivity contribution in [2.24, 2.45) is 5.92 Å². The van der Waals surface area contributed by atoms with Crippen molar-refractivity contribution in [2.45, 2.75) is 58.1 Å². The van der Waals surface area contributed by atoms with Crippen LogP contribution in [0.3, 0.4) is 0 Å². The molecule has 1 fully saturated rings. The largest absolute Gasteiger partial charge is 0.370 e. The molecule has 2 rings (SSSR count). The van der Waals surface area contributed by atoms with E-state index in [1.807, 2.05) is 13.8 Å². The number of carbonyl (C=O) groups excluding carboxylic acids is 1. The zero-order valence-corrected chi connectivity index (χ0v) is 14.2. The topological polar surface area (TPSA) is 44.1 Å². The van der Waals surface area contributed by atoms with Crippen LogP contribution in [0.2, 0.25) is 0 Å². The van der Waals surface area contributed by atoms with Crippen LogP contribution in [0.4, 0.5) is 0 Å². The molecule has 0 N–H and O–H groups in total. The molecule has 112 valence electrons. The molecule has 0 bridgehead atoms. The Kier molecular flexibility index (Phi) is 4.69. The Labute approximate surface area is 129 Å². The van der Waals surface area contributed by atoms with Gasteiger partial charge in [0.2, 0.25) is 5.78 Å². The number of hydrogen-bond donors (Lipinski definition) is 0. The maximum atomic E-state index is 13.1. The number of methoxy groups -OCH3 is 1. The van der Waals surface area contributed by atoms with E-state index in [0.717, 1.165) is 30.2 Å². The van der Waals surface area contributed by atoms with E-state index in [1.165, 1.54) is 0 Å². The zero-order valence-electron chi connectivity index (χ0n) is 12.6. The molecule has 1 aromatic heterocycles. The molecule has 5 heteroatoms. The van der Waals surface area contributed by atoms with E-state index in [1.54, 1.807) is 18.0 Å². The molecule has 20 heavy (non-hydrogen) atoms. The number of rotatable bonds is 4. The third kappa shape index (κ3) is 2.70. The van der Waals surface area contributed by atoms with Crippen LogP contribution in [0.1, 0.15) is 63.0 Å². The molecular formula is C15H23BrN2O2. The minimum atomic E-state index is -0.679. The van der Waals surface area contributed by atoms with Gasteiger partial charge >= 0.3 is 0 Å². The van der Waals surface area contributed by atoms with Gasteiger partial charge in [-0.3, -0.25) is 9.48 Å². The standard InChI is InChI=1S/C15H23BrN2O2/c1-10(2)18-13(12(16)9-17-18)14(19)15(20-4)7-5-11(3)6-8-15/h9-11H,5-8H2,1-4H3. The number of halogens is 1. The van der Waals surface area contributed by atoms with Crippen molar-refractivity contribution in [3.8, 4) is 0 Å². The zero-order chi connectivity index (χ0) is 14.9. The second-order valence-electron chi connectivity index (χ2n) is 6.09. The first kappa shape index (κ1) is 15.7. The van der Waals surface area contributed by atoms with Crippen LogP contribution in [-0.4, -0.2) is 28.3 Å². The molecule has 4 nitrogen and oxygen atoms in total. The van der Waals surface area contributed by atoms with E-state index in [9.17, 15) is 4.79 Å². The van der Waals surface area contributed by atoms with Gasteiger partial charge in [-0.25, -0.2) is 0 Å². The van der Waals surface area contributed by atoms with Gasteiger partial charge in [-0.2, -0.15) is 5.10 Å². The Morgan fingerprint density at radius 3 is 2.60 bits per heavy atom. The molecule has 0 amide bonds. The molecule has 0 spiro atoms. The minimum absolute atomic E-state index is 0.0602. The van der Waals surface area contributed by atoms with E-state index in [-0.39, 0.29) is 11.8 Å². The summed E-state index contributed by atoms with van der Waals surface area (Å²) < 4.78 is 8.23. The lowest BCUT2D eigenvalue weighted by molar-refractivity contribution is -0.0271. The third-order valence-electron chi connectivity index (χ3n) is 4.34. The van der Waals surface area contributed by atoms with E-state index in [4.69, 9.17) is 4.74 Å².